The second kappa shape index (κ2) is 5.11. The first-order valence-electron chi connectivity index (χ1n) is 6.68. The molecule has 1 saturated carbocycles. The molecule has 0 bridgehead atoms. The van der Waals surface area contributed by atoms with Crippen molar-refractivity contribution in [1.29, 1.82) is 0 Å². The van der Waals surface area contributed by atoms with Crippen LogP contribution in [-0.2, 0) is 4.79 Å². The zero-order chi connectivity index (χ0) is 13.2. The number of nitrogens with two attached hydrogens (primary N) is 1. The summed E-state index contributed by atoms with van der Waals surface area (Å²) < 4.78 is 0. The molecule has 0 heterocycles. The van der Waals surface area contributed by atoms with Crippen LogP contribution < -0.4 is 11.1 Å². The molecule has 2 rings (SSSR count). The molecule has 3 N–H and O–H groups in total. The maximum absolute atomic E-state index is 12.2. The highest BCUT2D eigenvalue weighted by Gasteiger charge is 2.37. The smallest absolute Gasteiger partial charge is 0.240 e. The van der Waals surface area contributed by atoms with Crippen LogP contribution in [0.15, 0.2) is 24.3 Å². The third kappa shape index (κ3) is 2.72. The van der Waals surface area contributed by atoms with Gasteiger partial charge in [0.15, 0.2) is 0 Å². The van der Waals surface area contributed by atoms with E-state index in [1.165, 1.54) is 5.56 Å². The van der Waals surface area contributed by atoms with E-state index in [9.17, 15) is 4.79 Å². The van der Waals surface area contributed by atoms with E-state index >= 15 is 0 Å². The van der Waals surface area contributed by atoms with E-state index in [1.54, 1.807) is 0 Å². The SMILES string of the molecule is Cc1cccc([C@@H](C)NC(=O)C2(N)CCCC2)c1. The molecule has 1 aromatic carbocycles. The average molecular weight is 246 g/mol. The van der Waals surface area contributed by atoms with Crippen LogP contribution in [0.25, 0.3) is 0 Å². The van der Waals surface area contributed by atoms with Crippen molar-refractivity contribution in [3.8, 4) is 0 Å². The number of hydrogen-bond donors (Lipinski definition) is 2. The van der Waals surface area contributed by atoms with E-state index < -0.39 is 5.54 Å². The van der Waals surface area contributed by atoms with Crippen molar-refractivity contribution in [2.24, 2.45) is 5.73 Å². The summed E-state index contributed by atoms with van der Waals surface area (Å²) in [5.74, 6) is -0.00555. The molecule has 3 nitrogen and oxygen atoms in total. The van der Waals surface area contributed by atoms with Gasteiger partial charge in [0, 0.05) is 0 Å². The molecule has 1 aliphatic carbocycles. The van der Waals surface area contributed by atoms with Crippen LogP contribution in [0.4, 0.5) is 0 Å². The lowest BCUT2D eigenvalue weighted by atomic mass is 9.97. The minimum absolute atomic E-state index is 0.00555. The van der Waals surface area contributed by atoms with Crippen molar-refractivity contribution >= 4 is 5.91 Å². The lowest BCUT2D eigenvalue weighted by molar-refractivity contribution is -0.126. The zero-order valence-corrected chi connectivity index (χ0v) is 11.2. The Hall–Kier alpha value is -1.35. The standard InChI is InChI=1S/C15H22N2O/c1-11-6-5-7-13(10-11)12(2)17-14(18)15(16)8-3-4-9-15/h5-7,10,12H,3-4,8-9,16H2,1-2H3,(H,17,18)/t12-/m1/s1. The van der Waals surface area contributed by atoms with Gasteiger partial charge in [0.05, 0.1) is 11.6 Å². The predicted molar refractivity (Wildman–Crippen MR) is 73.1 cm³/mol. The van der Waals surface area contributed by atoms with Crippen molar-refractivity contribution in [2.45, 2.75) is 51.1 Å². The highest BCUT2D eigenvalue weighted by molar-refractivity contribution is 5.86. The van der Waals surface area contributed by atoms with E-state index in [4.69, 9.17) is 5.73 Å². The van der Waals surface area contributed by atoms with Crippen LogP contribution in [0.2, 0.25) is 0 Å². The summed E-state index contributed by atoms with van der Waals surface area (Å²) >= 11 is 0. The Balaban J connectivity index is 2.03. The normalized spacial score (nSPS) is 19.5. The summed E-state index contributed by atoms with van der Waals surface area (Å²) in [5.41, 5.74) is 7.84. The van der Waals surface area contributed by atoms with E-state index in [0.717, 1.165) is 31.2 Å². The van der Waals surface area contributed by atoms with Crippen molar-refractivity contribution < 1.29 is 4.79 Å². The number of hydrogen-bond acceptors (Lipinski definition) is 2. The quantitative estimate of drug-likeness (QED) is 0.860. The number of amides is 1. The molecule has 0 spiro atoms. The van der Waals surface area contributed by atoms with Gasteiger partial charge < -0.3 is 11.1 Å². The van der Waals surface area contributed by atoms with E-state index in [0.29, 0.717) is 0 Å². The molecule has 0 radical (unpaired) electrons. The van der Waals surface area contributed by atoms with Crippen LogP contribution in [0.3, 0.4) is 0 Å². The van der Waals surface area contributed by atoms with Crippen molar-refractivity contribution in [2.75, 3.05) is 0 Å². The zero-order valence-electron chi connectivity index (χ0n) is 11.2. The maximum atomic E-state index is 12.2. The lowest BCUT2D eigenvalue weighted by Gasteiger charge is -2.25. The van der Waals surface area contributed by atoms with Gasteiger partial charge >= 0.3 is 0 Å². The van der Waals surface area contributed by atoms with Crippen LogP contribution in [0.5, 0.6) is 0 Å². The largest absolute Gasteiger partial charge is 0.348 e. The Morgan fingerprint density at radius 2 is 2.06 bits per heavy atom. The third-order valence-electron chi connectivity index (χ3n) is 3.84. The molecule has 0 unspecified atom stereocenters. The monoisotopic (exact) mass is 246 g/mol. The molecule has 18 heavy (non-hydrogen) atoms. The third-order valence-corrected chi connectivity index (χ3v) is 3.84. The molecular formula is C15H22N2O. The number of carbonyl (C=O) groups is 1. The first-order valence-corrected chi connectivity index (χ1v) is 6.68. The van der Waals surface area contributed by atoms with Gasteiger partial charge in [0.25, 0.3) is 0 Å². The molecule has 0 aromatic heterocycles. The number of nitrogens with one attached hydrogen (secondary N) is 1. The minimum Gasteiger partial charge on any atom is -0.348 e. The van der Waals surface area contributed by atoms with Gasteiger partial charge in [-0.3, -0.25) is 4.79 Å². The Labute approximate surface area is 109 Å². The second-order valence-electron chi connectivity index (χ2n) is 5.47. The fourth-order valence-corrected chi connectivity index (χ4v) is 2.60. The summed E-state index contributed by atoms with van der Waals surface area (Å²) in [6, 6.07) is 8.22. The molecule has 3 heteroatoms. The van der Waals surface area contributed by atoms with Gasteiger partial charge in [0.1, 0.15) is 0 Å². The van der Waals surface area contributed by atoms with Gasteiger partial charge in [-0.15, -0.1) is 0 Å². The minimum atomic E-state index is -0.641. The lowest BCUT2D eigenvalue weighted by Crippen LogP contribution is -2.52. The van der Waals surface area contributed by atoms with Crippen molar-refractivity contribution in [1.82, 2.24) is 5.32 Å². The van der Waals surface area contributed by atoms with Crippen LogP contribution in [0, 0.1) is 6.92 Å². The molecule has 1 amide bonds. The summed E-state index contributed by atoms with van der Waals surface area (Å²) in [5, 5.41) is 3.04. The predicted octanol–water partition coefficient (Wildman–Crippen LogP) is 2.44. The highest BCUT2D eigenvalue weighted by atomic mass is 16.2. The molecule has 1 fully saturated rings. The summed E-state index contributed by atoms with van der Waals surface area (Å²) in [7, 11) is 0. The fraction of sp³-hybridized carbons (Fsp3) is 0.533. The van der Waals surface area contributed by atoms with Crippen molar-refractivity contribution in [3.63, 3.8) is 0 Å². The van der Waals surface area contributed by atoms with E-state index in [2.05, 4.69) is 24.4 Å². The van der Waals surface area contributed by atoms with Crippen LogP contribution in [0.1, 0.15) is 49.8 Å². The van der Waals surface area contributed by atoms with Gasteiger partial charge in [0.2, 0.25) is 5.91 Å². The molecule has 0 saturated heterocycles. The Morgan fingerprint density at radius 3 is 2.67 bits per heavy atom. The number of aryl methyl sites for hydroxylation is 1. The first kappa shape index (κ1) is 13.1. The molecule has 0 aliphatic heterocycles. The molecular weight excluding hydrogens is 224 g/mol. The summed E-state index contributed by atoms with van der Waals surface area (Å²) in [6.07, 6.45) is 3.73. The number of benzene rings is 1. The highest BCUT2D eigenvalue weighted by Crippen LogP contribution is 2.28. The van der Waals surface area contributed by atoms with E-state index in [-0.39, 0.29) is 11.9 Å². The molecule has 1 aromatic rings. The van der Waals surface area contributed by atoms with Crippen LogP contribution >= 0.6 is 0 Å². The Morgan fingerprint density at radius 1 is 1.39 bits per heavy atom. The average Bonchev–Trinajstić information content (AvgIpc) is 2.77. The Bertz CT molecular complexity index is 436. The number of rotatable bonds is 3. The van der Waals surface area contributed by atoms with Crippen molar-refractivity contribution in [3.05, 3.63) is 35.4 Å². The summed E-state index contributed by atoms with van der Waals surface area (Å²) in [4.78, 5) is 12.2. The summed E-state index contributed by atoms with van der Waals surface area (Å²) in [6.45, 7) is 4.06. The molecule has 1 aliphatic rings. The van der Waals surface area contributed by atoms with Gasteiger partial charge in [-0.1, -0.05) is 42.7 Å². The second-order valence-corrected chi connectivity index (χ2v) is 5.47. The van der Waals surface area contributed by atoms with Gasteiger partial charge in [-0.05, 0) is 32.3 Å². The molecule has 1 atom stereocenters. The maximum Gasteiger partial charge on any atom is 0.240 e. The van der Waals surface area contributed by atoms with Gasteiger partial charge in [-0.25, -0.2) is 0 Å². The fourth-order valence-electron chi connectivity index (χ4n) is 2.60. The molecule has 98 valence electrons. The van der Waals surface area contributed by atoms with Gasteiger partial charge in [-0.2, -0.15) is 0 Å². The van der Waals surface area contributed by atoms with Crippen LogP contribution in [-0.4, -0.2) is 11.4 Å². The Kier molecular flexibility index (Phi) is 3.71. The number of carbonyl (C=O) groups excluding carboxylic acids is 1. The van der Waals surface area contributed by atoms with E-state index in [1.807, 2.05) is 19.1 Å². The topological polar surface area (TPSA) is 55.1 Å². The first-order chi connectivity index (χ1) is 8.51.